The number of hydrogen-bond acceptors (Lipinski definition) is 3. The Kier molecular flexibility index (Phi) is 8.58. The summed E-state index contributed by atoms with van der Waals surface area (Å²) in [7, 11) is 0. The van der Waals surface area contributed by atoms with Crippen LogP contribution in [0.5, 0.6) is 0 Å². The molecule has 0 fully saturated rings. The first-order chi connectivity index (χ1) is 33.9. The van der Waals surface area contributed by atoms with Crippen molar-refractivity contribution in [2.45, 2.75) is 19.3 Å². The Balaban J connectivity index is 0.903. The number of fused-ring (bicyclic) bond motifs is 11. The molecule has 0 saturated carbocycles. The molecule has 0 saturated heterocycles. The predicted molar refractivity (Wildman–Crippen MR) is 285 cm³/mol. The first kappa shape index (κ1) is 39.6. The summed E-state index contributed by atoms with van der Waals surface area (Å²) in [5.74, 6) is 1.07. The van der Waals surface area contributed by atoms with Gasteiger partial charge in [-0.15, -0.1) is 0 Å². The van der Waals surface area contributed by atoms with Crippen molar-refractivity contribution in [3.05, 3.63) is 223 Å². The monoisotopic (exact) mass is 904 g/mol. The zero-order valence-corrected chi connectivity index (χ0v) is 38.5. The smallest absolute Gasteiger partial charge is 0.226 e. The maximum absolute atomic E-state index is 6.49. The number of aromatic nitrogens is 6. The van der Waals surface area contributed by atoms with Gasteiger partial charge in [-0.2, -0.15) is 9.97 Å². The molecule has 4 aromatic heterocycles. The third kappa shape index (κ3) is 6.09. The third-order valence-electron chi connectivity index (χ3n) is 14.4. The molecule has 69 heavy (non-hydrogen) atoms. The number of benzene rings is 9. The minimum atomic E-state index is -0.148. The standard InChI is InChI=1S/C62H41ClN6/c1-62(2)51-24-13-12-23-46(51)58-57(62)50-35-53-48(36-56(50)69(58)44-21-10-5-11-22-44)47-32-39(26-29-52(47)64-53)40-27-30-54-49(33-40)45-28-25-41(34-55(45)68(54)43-19-8-4-9-20-43)38-17-14-18-42(31-38)60-65-59(66-61(63)67-60)37-15-6-3-7-16-37/h3-36,64H,1-2H3. The molecule has 1 aliphatic rings. The predicted octanol–water partition coefficient (Wildman–Crippen LogP) is 16.2. The largest absolute Gasteiger partial charge is 0.354 e. The van der Waals surface area contributed by atoms with Crippen molar-refractivity contribution in [3.63, 3.8) is 0 Å². The summed E-state index contributed by atoms with van der Waals surface area (Å²) in [6.07, 6.45) is 0. The van der Waals surface area contributed by atoms with Crippen LogP contribution in [0, 0.1) is 0 Å². The molecule has 0 bridgehead atoms. The quantitative estimate of drug-likeness (QED) is 0.181. The first-order valence-electron chi connectivity index (χ1n) is 23.4. The van der Waals surface area contributed by atoms with Gasteiger partial charge in [-0.1, -0.05) is 147 Å². The number of nitrogens with one attached hydrogen (secondary N) is 1. The normalized spacial score (nSPS) is 13.0. The number of nitrogens with zero attached hydrogens (tertiary/aromatic N) is 5. The molecule has 326 valence electrons. The van der Waals surface area contributed by atoms with Gasteiger partial charge in [0, 0.05) is 71.4 Å². The Morgan fingerprint density at radius 3 is 1.77 bits per heavy atom. The molecule has 9 aromatic carbocycles. The van der Waals surface area contributed by atoms with E-state index in [0.29, 0.717) is 11.6 Å². The molecule has 7 heteroatoms. The number of para-hydroxylation sites is 2. The lowest BCUT2D eigenvalue weighted by Gasteiger charge is -2.21. The van der Waals surface area contributed by atoms with Crippen molar-refractivity contribution in [2.24, 2.45) is 0 Å². The van der Waals surface area contributed by atoms with Crippen LogP contribution in [0.1, 0.15) is 25.0 Å². The van der Waals surface area contributed by atoms with Gasteiger partial charge in [-0.3, -0.25) is 0 Å². The van der Waals surface area contributed by atoms with Crippen molar-refractivity contribution in [2.75, 3.05) is 0 Å². The van der Waals surface area contributed by atoms with E-state index in [1.807, 2.05) is 42.5 Å². The van der Waals surface area contributed by atoms with E-state index in [1.54, 1.807) is 0 Å². The highest BCUT2D eigenvalue weighted by Crippen LogP contribution is 2.54. The van der Waals surface area contributed by atoms with Crippen LogP contribution in [0.3, 0.4) is 0 Å². The summed E-state index contributed by atoms with van der Waals surface area (Å²) >= 11 is 6.49. The van der Waals surface area contributed by atoms with E-state index in [9.17, 15) is 0 Å². The molecule has 0 radical (unpaired) electrons. The summed E-state index contributed by atoms with van der Waals surface area (Å²) in [5.41, 5.74) is 19.5. The molecule has 1 aliphatic carbocycles. The van der Waals surface area contributed by atoms with Crippen LogP contribution in [0.4, 0.5) is 0 Å². The molecule has 6 nitrogen and oxygen atoms in total. The number of hydrogen-bond donors (Lipinski definition) is 1. The molecule has 0 spiro atoms. The average molecular weight is 906 g/mol. The number of H-pyrrole nitrogens is 1. The molecule has 0 amide bonds. The van der Waals surface area contributed by atoms with E-state index in [-0.39, 0.29) is 10.7 Å². The zero-order chi connectivity index (χ0) is 46.0. The lowest BCUT2D eigenvalue weighted by molar-refractivity contribution is 0.666. The number of rotatable bonds is 6. The number of aromatic amines is 1. The molecule has 0 aliphatic heterocycles. The fourth-order valence-electron chi connectivity index (χ4n) is 11.2. The van der Waals surface area contributed by atoms with Crippen LogP contribution in [-0.4, -0.2) is 29.1 Å². The minimum absolute atomic E-state index is 0.148. The summed E-state index contributed by atoms with van der Waals surface area (Å²) in [6, 6.07) is 74.0. The van der Waals surface area contributed by atoms with Crippen LogP contribution >= 0.6 is 11.6 Å². The van der Waals surface area contributed by atoms with Crippen LogP contribution in [0.25, 0.3) is 122 Å². The average Bonchev–Trinajstić information content (AvgIpc) is 4.10. The Morgan fingerprint density at radius 2 is 0.986 bits per heavy atom. The SMILES string of the molecule is CC1(C)c2ccccc2-c2c1c1cc3[nH]c4ccc(-c5ccc6c(c5)c5ccc(-c7cccc(-c8nc(Cl)nc(-c9ccccc9)n8)c7)cc5n6-c5ccccc5)cc4c3cc1n2-c1ccccc1. The molecular weight excluding hydrogens is 864 g/mol. The zero-order valence-electron chi connectivity index (χ0n) is 37.7. The van der Waals surface area contributed by atoms with Crippen molar-refractivity contribution < 1.29 is 0 Å². The molecule has 0 atom stereocenters. The van der Waals surface area contributed by atoms with E-state index in [1.165, 1.54) is 71.6 Å². The van der Waals surface area contributed by atoms with Crippen molar-refractivity contribution in [1.29, 1.82) is 0 Å². The first-order valence-corrected chi connectivity index (χ1v) is 23.7. The Bertz CT molecular complexity index is 4220. The van der Waals surface area contributed by atoms with Gasteiger partial charge in [0.25, 0.3) is 0 Å². The molecule has 14 rings (SSSR count). The highest BCUT2D eigenvalue weighted by atomic mass is 35.5. The van der Waals surface area contributed by atoms with Crippen molar-refractivity contribution in [3.8, 4) is 67.7 Å². The second kappa shape index (κ2) is 15.0. The molecule has 13 aromatic rings. The van der Waals surface area contributed by atoms with Gasteiger partial charge in [0.15, 0.2) is 11.6 Å². The Labute approximate surface area is 402 Å². The van der Waals surface area contributed by atoms with Gasteiger partial charge in [0.2, 0.25) is 5.28 Å². The van der Waals surface area contributed by atoms with Crippen LogP contribution in [0.15, 0.2) is 206 Å². The van der Waals surface area contributed by atoms with Gasteiger partial charge >= 0.3 is 0 Å². The number of halogens is 1. The minimum Gasteiger partial charge on any atom is -0.354 e. The summed E-state index contributed by atoms with van der Waals surface area (Å²) in [6.45, 7) is 4.75. The fraction of sp³-hybridized carbons (Fsp3) is 0.0484. The second-order valence-electron chi connectivity index (χ2n) is 18.7. The van der Waals surface area contributed by atoms with Crippen molar-refractivity contribution >= 4 is 66.1 Å². The van der Waals surface area contributed by atoms with E-state index in [4.69, 9.17) is 16.6 Å². The highest BCUT2D eigenvalue weighted by Gasteiger charge is 2.40. The van der Waals surface area contributed by atoms with Gasteiger partial charge in [0.1, 0.15) is 0 Å². The Hall–Kier alpha value is -8.58. The summed E-state index contributed by atoms with van der Waals surface area (Å²) < 4.78 is 4.87. The summed E-state index contributed by atoms with van der Waals surface area (Å²) in [4.78, 5) is 17.6. The fourth-order valence-corrected chi connectivity index (χ4v) is 11.4. The molecule has 1 N–H and O–H groups in total. The van der Waals surface area contributed by atoms with Crippen LogP contribution < -0.4 is 0 Å². The lowest BCUT2D eigenvalue weighted by atomic mass is 9.81. The Morgan fingerprint density at radius 1 is 0.406 bits per heavy atom. The molecule has 4 heterocycles. The van der Waals surface area contributed by atoms with E-state index < -0.39 is 0 Å². The van der Waals surface area contributed by atoms with Gasteiger partial charge in [0.05, 0.1) is 22.2 Å². The van der Waals surface area contributed by atoms with Crippen molar-refractivity contribution in [1.82, 2.24) is 29.1 Å². The van der Waals surface area contributed by atoms with Crippen LogP contribution in [0.2, 0.25) is 5.28 Å². The van der Waals surface area contributed by atoms with Gasteiger partial charge in [-0.25, -0.2) is 4.98 Å². The maximum atomic E-state index is 6.49. The maximum Gasteiger partial charge on any atom is 0.226 e. The van der Waals surface area contributed by atoms with E-state index in [0.717, 1.165) is 50.0 Å². The molecular formula is C62H41ClN6. The third-order valence-corrected chi connectivity index (χ3v) is 14.6. The summed E-state index contributed by atoms with van der Waals surface area (Å²) in [5, 5.41) is 6.25. The second-order valence-corrected chi connectivity index (χ2v) is 19.0. The van der Waals surface area contributed by atoms with Crippen LogP contribution in [-0.2, 0) is 5.41 Å². The van der Waals surface area contributed by atoms with Gasteiger partial charge < -0.3 is 14.1 Å². The van der Waals surface area contributed by atoms with Gasteiger partial charge in [-0.05, 0) is 118 Å². The highest BCUT2D eigenvalue weighted by molar-refractivity contribution is 6.28. The molecule has 0 unspecified atom stereocenters. The van der Waals surface area contributed by atoms with E-state index >= 15 is 0 Å². The topological polar surface area (TPSA) is 64.3 Å². The lowest BCUT2D eigenvalue weighted by Crippen LogP contribution is -2.14. The van der Waals surface area contributed by atoms with E-state index in [2.05, 4.69) is 202 Å².